The molecule has 1 heteroatoms. The lowest BCUT2D eigenvalue weighted by Crippen LogP contribution is -2.40. The average molecular weight is 169 g/mol. The van der Waals surface area contributed by atoms with Gasteiger partial charge in [-0.25, -0.2) is 0 Å². The second kappa shape index (κ2) is 4.27. The summed E-state index contributed by atoms with van der Waals surface area (Å²) in [4.78, 5) is 0. The zero-order valence-electron chi connectivity index (χ0n) is 8.82. The minimum absolute atomic E-state index is 0.592. The summed E-state index contributed by atoms with van der Waals surface area (Å²) in [5.41, 5.74) is 0.592. The molecule has 1 atom stereocenters. The number of hydrogen-bond donors (Lipinski definition) is 1. The maximum absolute atomic E-state index is 3.61. The third-order valence-corrected chi connectivity index (χ3v) is 3.49. The van der Waals surface area contributed by atoms with Crippen LogP contribution >= 0.6 is 0 Å². The van der Waals surface area contributed by atoms with Gasteiger partial charge in [-0.05, 0) is 38.1 Å². The average Bonchev–Trinajstić information content (AvgIpc) is 2.49. The molecule has 0 aromatic carbocycles. The van der Waals surface area contributed by atoms with Crippen molar-refractivity contribution in [3.05, 3.63) is 0 Å². The predicted molar refractivity (Wildman–Crippen MR) is 54.3 cm³/mol. The van der Waals surface area contributed by atoms with E-state index in [9.17, 15) is 0 Å². The Labute approximate surface area is 76.9 Å². The predicted octanol–water partition coefficient (Wildman–Crippen LogP) is 2.95. The van der Waals surface area contributed by atoms with Crippen molar-refractivity contribution in [2.24, 2.45) is 5.41 Å². The Morgan fingerprint density at radius 2 is 1.92 bits per heavy atom. The number of hydrogen-bond acceptors (Lipinski definition) is 1. The number of nitrogens with one attached hydrogen (secondary N) is 1. The highest BCUT2D eigenvalue weighted by Crippen LogP contribution is 2.40. The van der Waals surface area contributed by atoms with Crippen LogP contribution in [0.15, 0.2) is 0 Å². The van der Waals surface area contributed by atoms with Crippen molar-refractivity contribution in [1.82, 2.24) is 5.32 Å². The first-order chi connectivity index (χ1) is 5.69. The van der Waals surface area contributed by atoms with Crippen molar-refractivity contribution in [3.63, 3.8) is 0 Å². The molecular weight excluding hydrogens is 146 g/mol. The van der Waals surface area contributed by atoms with Crippen LogP contribution in [0, 0.1) is 5.41 Å². The third kappa shape index (κ3) is 2.22. The van der Waals surface area contributed by atoms with E-state index in [1.807, 2.05) is 0 Å². The van der Waals surface area contributed by atoms with Gasteiger partial charge in [-0.15, -0.1) is 0 Å². The Kier molecular flexibility index (Phi) is 3.57. The Balaban J connectivity index is 2.33. The maximum Gasteiger partial charge on any atom is 0.00925 e. The molecule has 0 saturated heterocycles. The monoisotopic (exact) mass is 169 g/mol. The van der Waals surface area contributed by atoms with Crippen LogP contribution in [0.25, 0.3) is 0 Å². The SMILES string of the molecule is CCCNC(C)C1(C)CCCC1. The quantitative estimate of drug-likeness (QED) is 0.682. The van der Waals surface area contributed by atoms with E-state index >= 15 is 0 Å². The molecule has 1 aliphatic carbocycles. The highest BCUT2D eigenvalue weighted by molar-refractivity contribution is 4.88. The molecule has 0 aliphatic heterocycles. The van der Waals surface area contributed by atoms with Crippen LogP contribution < -0.4 is 5.32 Å². The van der Waals surface area contributed by atoms with Crippen LogP contribution in [0.2, 0.25) is 0 Å². The molecule has 0 radical (unpaired) electrons. The third-order valence-electron chi connectivity index (χ3n) is 3.49. The second-order valence-corrected chi connectivity index (χ2v) is 4.54. The van der Waals surface area contributed by atoms with Gasteiger partial charge in [0.2, 0.25) is 0 Å². The molecular formula is C11H23N. The smallest absolute Gasteiger partial charge is 0.00925 e. The molecule has 1 unspecified atom stereocenters. The van der Waals surface area contributed by atoms with E-state index < -0.39 is 0 Å². The summed E-state index contributed by atoms with van der Waals surface area (Å²) < 4.78 is 0. The van der Waals surface area contributed by atoms with Gasteiger partial charge in [0.1, 0.15) is 0 Å². The standard InChI is InChI=1S/C11H23N/c1-4-9-12-10(2)11(3)7-5-6-8-11/h10,12H,4-9H2,1-3H3. The summed E-state index contributed by atoms with van der Waals surface area (Å²) in [5.74, 6) is 0. The Hall–Kier alpha value is -0.0400. The Bertz CT molecular complexity index is 125. The minimum atomic E-state index is 0.592. The summed E-state index contributed by atoms with van der Waals surface area (Å²) in [7, 11) is 0. The Morgan fingerprint density at radius 3 is 2.42 bits per heavy atom. The fourth-order valence-corrected chi connectivity index (χ4v) is 2.22. The molecule has 1 nitrogen and oxygen atoms in total. The second-order valence-electron chi connectivity index (χ2n) is 4.54. The molecule has 0 aromatic rings. The topological polar surface area (TPSA) is 12.0 Å². The van der Waals surface area contributed by atoms with E-state index in [1.165, 1.54) is 38.6 Å². The highest BCUT2D eigenvalue weighted by atomic mass is 14.9. The fraction of sp³-hybridized carbons (Fsp3) is 1.00. The minimum Gasteiger partial charge on any atom is -0.314 e. The van der Waals surface area contributed by atoms with E-state index in [0.717, 1.165) is 0 Å². The first kappa shape index (κ1) is 10.0. The van der Waals surface area contributed by atoms with Gasteiger partial charge in [-0.3, -0.25) is 0 Å². The van der Waals surface area contributed by atoms with E-state index in [1.54, 1.807) is 0 Å². The first-order valence-electron chi connectivity index (χ1n) is 5.42. The van der Waals surface area contributed by atoms with Gasteiger partial charge in [-0.2, -0.15) is 0 Å². The van der Waals surface area contributed by atoms with E-state index in [-0.39, 0.29) is 0 Å². The van der Waals surface area contributed by atoms with Crippen molar-refractivity contribution in [2.75, 3.05) is 6.54 Å². The van der Waals surface area contributed by atoms with Crippen molar-refractivity contribution in [1.29, 1.82) is 0 Å². The van der Waals surface area contributed by atoms with Crippen LogP contribution in [-0.4, -0.2) is 12.6 Å². The molecule has 0 aromatic heterocycles. The van der Waals surface area contributed by atoms with Crippen LogP contribution in [0.1, 0.15) is 52.9 Å². The largest absolute Gasteiger partial charge is 0.314 e. The van der Waals surface area contributed by atoms with Gasteiger partial charge in [-0.1, -0.05) is 26.7 Å². The molecule has 1 saturated carbocycles. The van der Waals surface area contributed by atoms with E-state index in [2.05, 4.69) is 26.1 Å². The molecule has 1 N–H and O–H groups in total. The molecule has 0 amide bonds. The molecule has 0 spiro atoms. The summed E-state index contributed by atoms with van der Waals surface area (Å²) >= 11 is 0. The van der Waals surface area contributed by atoms with Crippen LogP contribution in [0.4, 0.5) is 0 Å². The zero-order chi connectivity index (χ0) is 9.03. The molecule has 1 aliphatic rings. The fourth-order valence-electron chi connectivity index (χ4n) is 2.22. The molecule has 1 rings (SSSR count). The van der Waals surface area contributed by atoms with Crippen molar-refractivity contribution in [3.8, 4) is 0 Å². The normalized spacial score (nSPS) is 24.2. The van der Waals surface area contributed by atoms with Crippen LogP contribution in [0.5, 0.6) is 0 Å². The molecule has 12 heavy (non-hydrogen) atoms. The van der Waals surface area contributed by atoms with Gasteiger partial charge in [0, 0.05) is 6.04 Å². The lowest BCUT2D eigenvalue weighted by atomic mass is 9.81. The highest BCUT2D eigenvalue weighted by Gasteiger charge is 2.33. The first-order valence-corrected chi connectivity index (χ1v) is 5.42. The van der Waals surface area contributed by atoms with Crippen molar-refractivity contribution in [2.45, 2.75) is 58.9 Å². The van der Waals surface area contributed by atoms with Gasteiger partial charge in [0.15, 0.2) is 0 Å². The molecule has 0 heterocycles. The summed E-state index contributed by atoms with van der Waals surface area (Å²) in [6.07, 6.45) is 6.97. The van der Waals surface area contributed by atoms with Gasteiger partial charge in [0.25, 0.3) is 0 Å². The van der Waals surface area contributed by atoms with Gasteiger partial charge < -0.3 is 5.32 Å². The Morgan fingerprint density at radius 1 is 1.33 bits per heavy atom. The van der Waals surface area contributed by atoms with Gasteiger partial charge >= 0.3 is 0 Å². The van der Waals surface area contributed by atoms with Crippen LogP contribution in [-0.2, 0) is 0 Å². The zero-order valence-corrected chi connectivity index (χ0v) is 8.82. The molecule has 0 bridgehead atoms. The van der Waals surface area contributed by atoms with Gasteiger partial charge in [0.05, 0.1) is 0 Å². The van der Waals surface area contributed by atoms with E-state index in [0.29, 0.717) is 11.5 Å². The van der Waals surface area contributed by atoms with Crippen molar-refractivity contribution >= 4 is 0 Å². The molecule has 1 fully saturated rings. The summed E-state index contributed by atoms with van der Waals surface area (Å²) in [6.45, 7) is 8.20. The van der Waals surface area contributed by atoms with Crippen LogP contribution in [0.3, 0.4) is 0 Å². The summed E-state index contributed by atoms with van der Waals surface area (Å²) in [5, 5.41) is 3.61. The lowest BCUT2D eigenvalue weighted by Gasteiger charge is -2.32. The summed E-state index contributed by atoms with van der Waals surface area (Å²) in [6, 6.07) is 0.708. The number of rotatable bonds is 4. The van der Waals surface area contributed by atoms with Crippen molar-refractivity contribution < 1.29 is 0 Å². The maximum atomic E-state index is 3.61. The van der Waals surface area contributed by atoms with E-state index in [4.69, 9.17) is 0 Å². The lowest BCUT2D eigenvalue weighted by molar-refractivity contribution is 0.236. The molecule has 72 valence electrons.